The van der Waals surface area contributed by atoms with Crippen molar-refractivity contribution < 1.29 is 13.7 Å². The van der Waals surface area contributed by atoms with E-state index in [1.807, 2.05) is 12.1 Å². The molecule has 1 aromatic heterocycles. The van der Waals surface area contributed by atoms with Crippen molar-refractivity contribution in [3.05, 3.63) is 77.2 Å². The van der Waals surface area contributed by atoms with Crippen LogP contribution >= 0.6 is 0 Å². The fraction of sp³-hybridized carbons (Fsp3) is 0.324. The van der Waals surface area contributed by atoms with Crippen LogP contribution in [0.25, 0.3) is 43.6 Å². The second kappa shape index (κ2) is 8.28. The fourth-order valence-electron chi connectivity index (χ4n) is 6.17. The molecular weight excluding hydrogens is 457 g/mol. The van der Waals surface area contributed by atoms with Gasteiger partial charge < -0.3 is 4.74 Å². The average Bonchev–Trinajstić information content (AvgIpc) is 2.81. The highest BCUT2D eigenvalue weighted by molar-refractivity contribution is 6.16. The summed E-state index contributed by atoms with van der Waals surface area (Å²) in [5.41, 5.74) is 6.30. The molecule has 0 unspecified atom stereocenters. The number of benzene rings is 4. The molecule has 0 saturated carbocycles. The number of nitrogens with zero attached hydrogens (tertiary/aromatic N) is 1. The Hall–Kier alpha value is -3.46. The molecule has 2 nitrogen and oxygen atoms in total. The standard InChI is InChI=1S/C34H35FNO/c1-19(2)14-21-8-10-25-27(15-21)20(3)30-32-31-26(12-13-36(32)7)24-11-9-23(35)16-22(24)17-29(31)37-33(30)28(25)18-34(4,5)6/h8-13,15-17,19H,14,18H2,1-7H3/q+1. The zero-order valence-electron chi connectivity index (χ0n) is 22.9. The van der Waals surface area contributed by atoms with Crippen LogP contribution < -0.4 is 9.30 Å². The Morgan fingerprint density at radius 1 is 0.919 bits per heavy atom. The van der Waals surface area contributed by atoms with Crippen LogP contribution in [0.5, 0.6) is 11.5 Å². The Morgan fingerprint density at radius 3 is 2.41 bits per heavy atom. The molecule has 37 heavy (non-hydrogen) atoms. The van der Waals surface area contributed by atoms with Crippen molar-refractivity contribution in [1.82, 2.24) is 0 Å². The molecular formula is C34H35FNO+. The summed E-state index contributed by atoms with van der Waals surface area (Å²) < 4.78 is 23.3. The average molecular weight is 493 g/mol. The van der Waals surface area contributed by atoms with Crippen LogP contribution in [0.15, 0.2) is 54.7 Å². The molecule has 0 saturated heterocycles. The van der Waals surface area contributed by atoms with E-state index in [9.17, 15) is 4.39 Å². The van der Waals surface area contributed by atoms with Crippen molar-refractivity contribution in [2.45, 2.75) is 54.4 Å². The fourth-order valence-corrected chi connectivity index (χ4v) is 6.17. The van der Waals surface area contributed by atoms with Crippen molar-refractivity contribution in [2.24, 2.45) is 18.4 Å². The molecule has 4 aromatic carbocycles. The molecule has 0 atom stereocenters. The Labute approximate surface area is 218 Å². The summed E-state index contributed by atoms with van der Waals surface area (Å²) in [5.74, 6) is 2.12. The molecule has 188 valence electrons. The van der Waals surface area contributed by atoms with E-state index < -0.39 is 0 Å². The molecule has 2 heterocycles. The van der Waals surface area contributed by atoms with Gasteiger partial charge in [0, 0.05) is 17.0 Å². The molecule has 0 spiro atoms. The largest absolute Gasteiger partial charge is 0.455 e. The molecule has 0 amide bonds. The van der Waals surface area contributed by atoms with E-state index in [4.69, 9.17) is 4.74 Å². The SMILES string of the molecule is Cc1c2c(c(CC(C)(C)C)c3ccc(CC(C)C)cc13)Oc1cc3cc(F)ccc3c3cc[n+](C)c-2c13. The van der Waals surface area contributed by atoms with Crippen LogP contribution in [0.4, 0.5) is 4.39 Å². The Morgan fingerprint density at radius 2 is 1.68 bits per heavy atom. The molecule has 0 fully saturated rings. The minimum Gasteiger partial charge on any atom is -0.455 e. The number of aromatic nitrogens is 1. The zero-order chi connectivity index (χ0) is 26.2. The van der Waals surface area contributed by atoms with Gasteiger partial charge in [-0.1, -0.05) is 58.9 Å². The summed E-state index contributed by atoms with van der Waals surface area (Å²) in [6, 6.07) is 16.2. The van der Waals surface area contributed by atoms with Crippen molar-refractivity contribution in [2.75, 3.05) is 0 Å². The van der Waals surface area contributed by atoms with Crippen LogP contribution in [0.2, 0.25) is 0 Å². The van der Waals surface area contributed by atoms with E-state index in [0.717, 1.165) is 45.9 Å². The highest BCUT2D eigenvalue weighted by Crippen LogP contribution is 2.52. The molecule has 5 aromatic rings. The van der Waals surface area contributed by atoms with E-state index >= 15 is 0 Å². The number of fused-ring (bicyclic) bond motifs is 5. The lowest BCUT2D eigenvalue weighted by Gasteiger charge is -2.28. The molecule has 0 aliphatic carbocycles. The summed E-state index contributed by atoms with van der Waals surface area (Å²) in [5, 5.41) is 6.67. The summed E-state index contributed by atoms with van der Waals surface area (Å²) in [6.07, 6.45) is 4.08. The monoisotopic (exact) mass is 492 g/mol. The Kier molecular flexibility index (Phi) is 5.35. The lowest BCUT2D eigenvalue weighted by Crippen LogP contribution is -2.32. The third-order valence-corrected chi connectivity index (χ3v) is 7.65. The molecule has 0 bridgehead atoms. The molecule has 1 aliphatic heterocycles. The maximum absolute atomic E-state index is 14.2. The highest BCUT2D eigenvalue weighted by atomic mass is 19.1. The van der Waals surface area contributed by atoms with Gasteiger partial charge in [0.15, 0.2) is 6.20 Å². The Balaban J connectivity index is 1.76. The number of hydrogen-bond acceptors (Lipinski definition) is 1. The number of ether oxygens (including phenoxy) is 1. The van der Waals surface area contributed by atoms with Gasteiger partial charge in [-0.3, -0.25) is 0 Å². The van der Waals surface area contributed by atoms with E-state index in [1.165, 1.54) is 38.7 Å². The summed E-state index contributed by atoms with van der Waals surface area (Å²) in [7, 11) is 2.12. The normalized spacial score (nSPS) is 13.0. The number of hydrogen-bond donors (Lipinski definition) is 0. The van der Waals surface area contributed by atoms with Crippen molar-refractivity contribution >= 4 is 32.3 Å². The van der Waals surface area contributed by atoms with Gasteiger partial charge in [-0.2, -0.15) is 0 Å². The van der Waals surface area contributed by atoms with E-state index in [0.29, 0.717) is 5.92 Å². The van der Waals surface area contributed by atoms with Gasteiger partial charge in [-0.25, -0.2) is 8.96 Å². The lowest BCUT2D eigenvalue weighted by atomic mass is 9.81. The van der Waals surface area contributed by atoms with E-state index in [-0.39, 0.29) is 11.2 Å². The summed E-state index contributed by atoms with van der Waals surface area (Å²) in [4.78, 5) is 0. The molecule has 0 N–H and O–H groups in total. The van der Waals surface area contributed by atoms with Gasteiger partial charge in [0.05, 0.1) is 10.9 Å². The molecule has 6 rings (SSSR count). The van der Waals surface area contributed by atoms with Gasteiger partial charge in [0.25, 0.3) is 0 Å². The first-order valence-electron chi connectivity index (χ1n) is 13.3. The smallest absolute Gasteiger partial charge is 0.228 e. The van der Waals surface area contributed by atoms with Crippen LogP contribution in [0, 0.1) is 24.1 Å². The molecule has 0 radical (unpaired) electrons. The van der Waals surface area contributed by atoms with Gasteiger partial charge in [0.1, 0.15) is 24.4 Å². The summed E-state index contributed by atoms with van der Waals surface area (Å²) in [6.45, 7) is 13.6. The third-order valence-electron chi connectivity index (χ3n) is 7.65. The van der Waals surface area contributed by atoms with Gasteiger partial charge in [0.2, 0.25) is 5.69 Å². The Bertz CT molecular complexity index is 1740. The van der Waals surface area contributed by atoms with E-state index in [2.05, 4.69) is 83.6 Å². The van der Waals surface area contributed by atoms with E-state index in [1.54, 1.807) is 12.1 Å². The number of aryl methyl sites for hydroxylation is 2. The maximum atomic E-state index is 14.2. The highest BCUT2D eigenvalue weighted by Gasteiger charge is 2.34. The van der Waals surface area contributed by atoms with Crippen LogP contribution in [0.3, 0.4) is 0 Å². The molecule has 3 heteroatoms. The van der Waals surface area contributed by atoms with Crippen LogP contribution in [-0.2, 0) is 19.9 Å². The number of pyridine rings is 1. The molecule has 1 aliphatic rings. The first-order chi connectivity index (χ1) is 17.5. The summed E-state index contributed by atoms with van der Waals surface area (Å²) >= 11 is 0. The second-order valence-corrected chi connectivity index (χ2v) is 12.4. The number of rotatable bonds is 3. The quantitative estimate of drug-likeness (QED) is 0.177. The predicted octanol–water partition coefficient (Wildman–Crippen LogP) is 8.98. The van der Waals surface area contributed by atoms with Crippen molar-refractivity contribution in [1.29, 1.82) is 0 Å². The minimum absolute atomic E-state index is 0.0803. The first-order valence-corrected chi connectivity index (χ1v) is 13.3. The maximum Gasteiger partial charge on any atom is 0.228 e. The van der Waals surface area contributed by atoms with Gasteiger partial charge in [-0.15, -0.1) is 0 Å². The lowest BCUT2D eigenvalue weighted by molar-refractivity contribution is -0.659. The first kappa shape index (κ1) is 23.9. The number of halogens is 1. The third kappa shape index (κ3) is 3.87. The zero-order valence-corrected chi connectivity index (χ0v) is 22.9. The van der Waals surface area contributed by atoms with Crippen LogP contribution in [0.1, 0.15) is 51.3 Å². The van der Waals surface area contributed by atoms with Crippen LogP contribution in [-0.4, -0.2) is 0 Å². The van der Waals surface area contributed by atoms with Gasteiger partial charge >= 0.3 is 0 Å². The van der Waals surface area contributed by atoms with Crippen molar-refractivity contribution in [3.63, 3.8) is 0 Å². The van der Waals surface area contributed by atoms with Crippen molar-refractivity contribution in [3.8, 4) is 22.8 Å². The predicted molar refractivity (Wildman–Crippen MR) is 152 cm³/mol. The topological polar surface area (TPSA) is 13.1 Å². The second-order valence-electron chi connectivity index (χ2n) is 12.4. The minimum atomic E-state index is -0.232. The van der Waals surface area contributed by atoms with Gasteiger partial charge in [-0.05, 0) is 82.0 Å².